The number of rotatable bonds is 3. The SMILES string of the molecule is COc1ccc(C2=C(Cl)C(=O)N(c3cccc(Cl)c3C)C2=O)cc1. The number of anilines is 1. The summed E-state index contributed by atoms with van der Waals surface area (Å²) in [5, 5.41) is 0.367. The van der Waals surface area contributed by atoms with E-state index in [-0.39, 0.29) is 10.6 Å². The van der Waals surface area contributed by atoms with Gasteiger partial charge in [-0.25, -0.2) is 4.90 Å². The Labute approximate surface area is 149 Å². The van der Waals surface area contributed by atoms with Crippen LogP contribution in [0.25, 0.3) is 5.57 Å². The summed E-state index contributed by atoms with van der Waals surface area (Å²) in [6.45, 7) is 1.75. The van der Waals surface area contributed by atoms with Crippen LogP contribution in [0.2, 0.25) is 5.02 Å². The third kappa shape index (κ3) is 2.58. The Kier molecular flexibility index (Phi) is 4.35. The minimum absolute atomic E-state index is 0.107. The zero-order valence-electron chi connectivity index (χ0n) is 13.0. The molecule has 1 aliphatic rings. The van der Waals surface area contributed by atoms with Crippen molar-refractivity contribution in [3.05, 3.63) is 63.6 Å². The molecule has 0 bridgehead atoms. The van der Waals surface area contributed by atoms with Gasteiger partial charge < -0.3 is 4.74 Å². The van der Waals surface area contributed by atoms with Gasteiger partial charge in [0, 0.05) is 5.02 Å². The molecule has 4 nitrogen and oxygen atoms in total. The number of carbonyl (C=O) groups excluding carboxylic acids is 2. The van der Waals surface area contributed by atoms with Crippen molar-refractivity contribution in [2.75, 3.05) is 12.0 Å². The molecule has 0 radical (unpaired) electrons. The Morgan fingerprint density at radius 2 is 1.62 bits per heavy atom. The summed E-state index contributed by atoms with van der Waals surface area (Å²) in [6.07, 6.45) is 0. The molecule has 0 saturated carbocycles. The Morgan fingerprint density at radius 1 is 0.958 bits per heavy atom. The highest BCUT2D eigenvalue weighted by molar-refractivity contribution is 6.60. The lowest BCUT2D eigenvalue weighted by Crippen LogP contribution is -2.31. The monoisotopic (exact) mass is 361 g/mol. The van der Waals surface area contributed by atoms with Gasteiger partial charge in [-0.2, -0.15) is 0 Å². The predicted molar refractivity (Wildman–Crippen MR) is 94.4 cm³/mol. The molecular formula is C18H13Cl2NO3. The maximum Gasteiger partial charge on any atom is 0.277 e. The number of benzene rings is 2. The van der Waals surface area contributed by atoms with Gasteiger partial charge in [0.15, 0.2) is 0 Å². The van der Waals surface area contributed by atoms with Crippen LogP contribution in [-0.2, 0) is 9.59 Å². The molecule has 2 aromatic rings. The van der Waals surface area contributed by atoms with Gasteiger partial charge in [0.25, 0.3) is 11.8 Å². The predicted octanol–water partition coefficient (Wildman–Crippen LogP) is 4.18. The van der Waals surface area contributed by atoms with Crippen molar-refractivity contribution in [1.82, 2.24) is 0 Å². The number of amides is 2. The van der Waals surface area contributed by atoms with E-state index in [1.165, 1.54) is 0 Å². The van der Waals surface area contributed by atoms with Gasteiger partial charge in [-0.05, 0) is 42.3 Å². The van der Waals surface area contributed by atoms with Crippen molar-refractivity contribution in [2.45, 2.75) is 6.92 Å². The Morgan fingerprint density at radius 3 is 2.25 bits per heavy atom. The fraction of sp³-hybridized carbons (Fsp3) is 0.111. The molecule has 0 aliphatic carbocycles. The molecule has 0 fully saturated rings. The van der Waals surface area contributed by atoms with Crippen LogP contribution in [0, 0.1) is 6.92 Å². The van der Waals surface area contributed by atoms with E-state index in [2.05, 4.69) is 0 Å². The highest BCUT2D eigenvalue weighted by Crippen LogP contribution is 2.37. The van der Waals surface area contributed by atoms with Gasteiger partial charge in [-0.3, -0.25) is 9.59 Å². The molecule has 24 heavy (non-hydrogen) atoms. The normalized spacial score (nSPS) is 14.6. The number of imide groups is 1. The first-order valence-electron chi connectivity index (χ1n) is 7.13. The summed E-state index contributed by atoms with van der Waals surface area (Å²) in [7, 11) is 1.55. The largest absolute Gasteiger partial charge is 0.497 e. The maximum absolute atomic E-state index is 12.8. The molecule has 0 unspecified atom stereocenters. The number of carbonyl (C=O) groups is 2. The molecule has 0 N–H and O–H groups in total. The second-order valence-corrected chi connectivity index (χ2v) is 6.03. The minimum atomic E-state index is -0.558. The van der Waals surface area contributed by atoms with Gasteiger partial charge >= 0.3 is 0 Å². The molecule has 0 saturated heterocycles. The van der Waals surface area contributed by atoms with Crippen molar-refractivity contribution in [2.24, 2.45) is 0 Å². The number of hydrogen-bond donors (Lipinski definition) is 0. The lowest BCUT2D eigenvalue weighted by molar-refractivity contribution is -0.119. The zero-order valence-corrected chi connectivity index (χ0v) is 14.5. The molecular weight excluding hydrogens is 349 g/mol. The van der Waals surface area contributed by atoms with Crippen LogP contribution in [0.15, 0.2) is 47.5 Å². The van der Waals surface area contributed by atoms with Gasteiger partial charge in [0.1, 0.15) is 10.8 Å². The van der Waals surface area contributed by atoms with E-state index in [1.807, 2.05) is 0 Å². The summed E-state index contributed by atoms with van der Waals surface area (Å²) in [5.41, 5.74) is 1.80. The second kappa shape index (κ2) is 6.30. The number of nitrogens with zero attached hydrogens (tertiary/aromatic N) is 1. The van der Waals surface area contributed by atoms with E-state index in [0.717, 1.165) is 4.90 Å². The van der Waals surface area contributed by atoms with E-state index in [4.69, 9.17) is 27.9 Å². The van der Waals surface area contributed by atoms with Crippen LogP contribution in [0.4, 0.5) is 5.69 Å². The van der Waals surface area contributed by atoms with Crippen molar-refractivity contribution in [3.63, 3.8) is 0 Å². The maximum atomic E-state index is 12.8. The molecule has 0 aromatic heterocycles. The van der Waals surface area contributed by atoms with Crippen LogP contribution in [0.1, 0.15) is 11.1 Å². The lowest BCUT2D eigenvalue weighted by atomic mass is 10.1. The van der Waals surface area contributed by atoms with E-state index >= 15 is 0 Å². The van der Waals surface area contributed by atoms with Crippen molar-refractivity contribution in [1.29, 1.82) is 0 Å². The molecule has 1 aliphatic heterocycles. The van der Waals surface area contributed by atoms with Gasteiger partial charge in [0.2, 0.25) is 0 Å². The molecule has 1 heterocycles. The van der Waals surface area contributed by atoms with Crippen molar-refractivity contribution < 1.29 is 14.3 Å². The van der Waals surface area contributed by atoms with Crippen LogP contribution >= 0.6 is 23.2 Å². The first-order chi connectivity index (χ1) is 11.5. The molecule has 0 spiro atoms. The van der Waals surface area contributed by atoms with Gasteiger partial charge in [-0.15, -0.1) is 0 Å². The standard InChI is InChI=1S/C18H13Cl2NO3/c1-10-13(19)4-3-5-14(10)21-17(22)15(16(20)18(21)23)11-6-8-12(24-2)9-7-11/h3-9H,1-2H3. The van der Waals surface area contributed by atoms with Crippen LogP contribution in [0.5, 0.6) is 5.75 Å². The number of ether oxygens (including phenoxy) is 1. The number of halogens is 2. The molecule has 2 amide bonds. The molecule has 122 valence electrons. The van der Waals surface area contributed by atoms with Crippen LogP contribution < -0.4 is 9.64 Å². The highest BCUT2D eigenvalue weighted by Gasteiger charge is 2.39. The third-order valence-electron chi connectivity index (χ3n) is 3.89. The summed E-state index contributed by atoms with van der Waals surface area (Å²) in [4.78, 5) is 26.4. The average molecular weight is 362 g/mol. The van der Waals surface area contributed by atoms with Gasteiger partial charge in [-0.1, -0.05) is 41.4 Å². The molecule has 0 atom stereocenters. The fourth-order valence-corrected chi connectivity index (χ4v) is 3.01. The summed E-state index contributed by atoms with van der Waals surface area (Å²) >= 11 is 12.3. The second-order valence-electron chi connectivity index (χ2n) is 5.25. The lowest BCUT2D eigenvalue weighted by Gasteiger charge is -2.18. The summed E-state index contributed by atoms with van der Waals surface area (Å²) in [5.74, 6) is -0.381. The van der Waals surface area contributed by atoms with Crippen LogP contribution in [-0.4, -0.2) is 18.9 Å². The van der Waals surface area contributed by atoms with Crippen molar-refractivity contribution in [3.8, 4) is 5.75 Å². The Balaban J connectivity index is 2.05. The Hall–Kier alpha value is -2.30. The smallest absolute Gasteiger partial charge is 0.277 e. The van der Waals surface area contributed by atoms with Crippen molar-refractivity contribution >= 4 is 46.3 Å². The van der Waals surface area contributed by atoms with Crippen LogP contribution in [0.3, 0.4) is 0 Å². The first-order valence-corrected chi connectivity index (χ1v) is 7.89. The minimum Gasteiger partial charge on any atom is -0.497 e. The average Bonchev–Trinajstić information content (AvgIpc) is 2.80. The van der Waals surface area contributed by atoms with Gasteiger partial charge in [0.05, 0.1) is 18.4 Å². The molecule has 3 rings (SSSR count). The number of methoxy groups -OCH3 is 1. The quantitative estimate of drug-likeness (QED) is 0.770. The first kappa shape index (κ1) is 16.6. The summed E-state index contributed by atoms with van der Waals surface area (Å²) in [6, 6.07) is 11.8. The van der Waals surface area contributed by atoms with E-state index in [0.29, 0.717) is 27.6 Å². The molecule has 6 heteroatoms. The fourth-order valence-electron chi connectivity index (χ4n) is 2.57. The van der Waals surface area contributed by atoms with E-state index in [1.54, 1.807) is 56.5 Å². The summed E-state index contributed by atoms with van der Waals surface area (Å²) < 4.78 is 5.10. The number of hydrogen-bond acceptors (Lipinski definition) is 3. The van der Waals surface area contributed by atoms with E-state index in [9.17, 15) is 9.59 Å². The topological polar surface area (TPSA) is 46.6 Å². The third-order valence-corrected chi connectivity index (χ3v) is 4.65. The Bertz CT molecular complexity index is 872. The molecule has 2 aromatic carbocycles. The van der Waals surface area contributed by atoms with E-state index < -0.39 is 11.8 Å². The zero-order chi connectivity index (χ0) is 17.4. The highest BCUT2D eigenvalue weighted by atomic mass is 35.5.